The molecule has 0 bridgehead atoms. The van der Waals surface area contributed by atoms with Gasteiger partial charge in [-0.15, -0.1) is 0 Å². The molecule has 0 amide bonds. The topological polar surface area (TPSA) is 26.3 Å². The van der Waals surface area contributed by atoms with E-state index in [0.717, 1.165) is 18.4 Å². The Labute approximate surface area is 83.9 Å². The number of methoxy groups -OCH3 is 1. The largest absolute Gasteiger partial charge is 0.468 e. The van der Waals surface area contributed by atoms with E-state index in [-0.39, 0.29) is 11.4 Å². The molecule has 1 aliphatic rings. The van der Waals surface area contributed by atoms with Crippen molar-refractivity contribution in [1.82, 2.24) is 0 Å². The highest BCUT2D eigenvalue weighted by molar-refractivity contribution is 5.86. The highest BCUT2D eigenvalue weighted by Crippen LogP contribution is 2.49. The standard InChI is InChI=1S/C12H14O2/c1-9-3-5-10(6-4-9)12(7-8-12)11(13)14-2/h3-6H,7-8H2,1-2H3. The molecule has 0 aromatic heterocycles. The van der Waals surface area contributed by atoms with Gasteiger partial charge in [-0.3, -0.25) is 4.79 Å². The fourth-order valence-electron chi connectivity index (χ4n) is 1.80. The summed E-state index contributed by atoms with van der Waals surface area (Å²) in [5.41, 5.74) is 1.99. The number of ether oxygens (including phenoxy) is 1. The van der Waals surface area contributed by atoms with Crippen LogP contribution in [-0.2, 0) is 14.9 Å². The minimum Gasteiger partial charge on any atom is -0.468 e. The Morgan fingerprint density at radius 3 is 2.29 bits per heavy atom. The van der Waals surface area contributed by atoms with Crippen LogP contribution >= 0.6 is 0 Å². The molecule has 14 heavy (non-hydrogen) atoms. The van der Waals surface area contributed by atoms with Crippen molar-refractivity contribution in [2.75, 3.05) is 7.11 Å². The molecule has 1 aromatic rings. The van der Waals surface area contributed by atoms with Crippen LogP contribution in [0.1, 0.15) is 24.0 Å². The smallest absolute Gasteiger partial charge is 0.316 e. The third kappa shape index (κ3) is 1.31. The van der Waals surface area contributed by atoms with E-state index in [1.807, 2.05) is 31.2 Å². The second kappa shape index (κ2) is 3.12. The fraction of sp³-hybridized carbons (Fsp3) is 0.417. The Morgan fingerprint density at radius 1 is 1.29 bits per heavy atom. The van der Waals surface area contributed by atoms with Crippen LogP contribution in [0.2, 0.25) is 0 Å². The summed E-state index contributed by atoms with van der Waals surface area (Å²) in [7, 11) is 1.45. The molecule has 0 heterocycles. The van der Waals surface area contributed by atoms with Crippen molar-refractivity contribution in [2.24, 2.45) is 0 Å². The van der Waals surface area contributed by atoms with Crippen LogP contribution in [0, 0.1) is 6.92 Å². The highest BCUT2D eigenvalue weighted by Gasteiger charge is 2.52. The number of benzene rings is 1. The summed E-state index contributed by atoms with van der Waals surface area (Å²) in [6.45, 7) is 2.04. The monoisotopic (exact) mass is 190 g/mol. The molecule has 2 nitrogen and oxygen atoms in total. The molecule has 0 atom stereocenters. The summed E-state index contributed by atoms with van der Waals surface area (Å²) >= 11 is 0. The van der Waals surface area contributed by atoms with Gasteiger partial charge in [0.1, 0.15) is 0 Å². The summed E-state index contributed by atoms with van der Waals surface area (Å²) in [4.78, 5) is 11.6. The average Bonchev–Trinajstić information content (AvgIpc) is 2.99. The normalized spacial score (nSPS) is 17.6. The zero-order chi connectivity index (χ0) is 10.2. The van der Waals surface area contributed by atoms with Gasteiger partial charge in [-0.05, 0) is 25.3 Å². The molecule has 0 aliphatic heterocycles. The van der Waals surface area contributed by atoms with E-state index in [9.17, 15) is 4.79 Å². The maximum absolute atomic E-state index is 11.6. The molecule has 1 saturated carbocycles. The second-order valence-electron chi connectivity index (χ2n) is 3.94. The molecular formula is C12H14O2. The van der Waals surface area contributed by atoms with Gasteiger partial charge in [-0.2, -0.15) is 0 Å². The number of hydrogen-bond donors (Lipinski definition) is 0. The molecular weight excluding hydrogens is 176 g/mol. The van der Waals surface area contributed by atoms with Gasteiger partial charge in [0.25, 0.3) is 0 Å². The molecule has 0 N–H and O–H groups in total. The number of esters is 1. The van der Waals surface area contributed by atoms with Crippen molar-refractivity contribution in [1.29, 1.82) is 0 Å². The Balaban J connectivity index is 2.31. The molecule has 0 unspecified atom stereocenters. The van der Waals surface area contributed by atoms with Gasteiger partial charge >= 0.3 is 5.97 Å². The maximum atomic E-state index is 11.6. The number of rotatable bonds is 2. The fourth-order valence-corrected chi connectivity index (χ4v) is 1.80. The van der Waals surface area contributed by atoms with Crippen molar-refractivity contribution in [2.45, 2.75) is 25.2 Å². The quantitative estimate of drug-likeness (QED) is 0.668. The van der Waals surface area contributed by atoms with E-state index in [2.05, 4.69) is 0 Å². The summed E-state index contributed by atoms with van der Waals surface area (Å²) < 4.78 is 4.82. The van der Waals surface area contributed by atoms with Gasteiger partial charge in [-0.25, -0.2) is 0 Å². The molecule has 2 heteroatoms. The predicted molar refractivity (Wildman–Crippen MR) is 54.1 cm³/mol. The van der Waals surface area contributed by atoms with E-state index in [1.54, 1.807) is 0 Å². The van der Waals surface area contributed by atoms with Crippen LogP contribution < -0.4 is 0 Å². The van der Waals surface area contributed by atoms with E-state index < -0.39 is 0 Å². The third-order valence-corrected chi connectivity index (χ3v) is 2.93. The minimum atomic E-state index is -0.317. The maximum Gasteiger partial charge on any atom is 0.316 e. The van der Waals surface area contributed by atoms with Crippen LogP contribution in [0.15, 0.2) is 24.3 Å². The Kier molecular flexibility index (Phi) is 2.06. The van der Waals surface area contributed by atoms with Crippen molar-refractivity contribution >= 4 is 5.97 Å². The Morgan fingerprint density at radius 2 is 1.86 bits per heavy atom. The van der Waals surface area contributed by atoms with Crippen molar-refractivity contribution < 1.29 is 9.53 Å². The first kappa shape index (κ1) is 9.25. The van der Waals surface area contributed by atoms with Crippen molar-refractivity contribution in [3.05, 3.63) is 35.4 Å². The lowest BCUT2D eigenvalue weighted by atomic mass is 9.95. The molecule has 74 valence electrons. The molecule has 1 aromatic carbocycles. The summed E-state index contributed by atoms with van der Waals surface area (Å²) in [6, 6.07) is 8.13. The van der Waals surface area contributed by atoms with E-state index in [1.165, 1.54) is 12.7 Å². The van der Waals surface area contributed by atoms with Crippen LogP contribution in [-0.4, -0.2) is 13.1 Å². The molecule has 1 aliphatic carbocycles. The van der Waals surface area contributed by atoms with Gasteiger partial charge < -0.3 is 4.74 Å². The van der Waals surface area contributed by atoms with E-state index in [4.69, 9.17) is 4.74 Å². The summed E-state index contributed by atoms with van der Waals surface area (Å²) in [6.07, 6.45) is 1.84. The lowest BCUT2D eigenvalue weighted by Gasteiger charge is -2.12. The molecule has 0 radical (unpaired) electrons. The highest BCUT2D eigenvalue weighted by atomic mass is 16.5. The molecule has 0 saturated heterocycles. The number of carbonyl (C=O) groups is 1. The molecule has 1 fully saturated rings. The van der Waals surface area contributed by atoms with Gasteiger partial charge in [-0.1, -0.05) is 29.8 Å². The van der Waals surface area contributed by atoms with E-state index in [0.29, 0.717) is 0 Å². The summed E-state index contributed by atoms with van der Waals surface area (Å²) in [5, 5.41) is 0. The van der Waals surface area contributed by atoms with Crippen LogP contribution in [0.25, 0.3) is 0 Å². The zero-order valence-electron chi connectivity index (χ0n) is 8.54. The summed E-state index contributed by atoms with van der Waals surface area (Å²) in [5.74, 6) is -0.0960. The first-order valence-electron chi connectivity index (χ1n) is 4.84. The predicted octanol–water partition coefficient (Wildman–Crippen LogP) is 2.20. The lowest BCUT2D eigenvalue weighted by Crippen LogP contribution is -2.21. The lowest BCUT2D eigenvalue weighted by molar-refractivity contribution is -0.143. The van der Waals surface area contributed by atoms with Gasteiger partial charge in [0, 0.05) is 0 Å². The first-order valence-corrected chi connectivity index (χ1v) is 4.84. The first-order chi connectivity index (χ1) is 6.69. The molecule has 2 rings (SSSR count). The minimum absolute atomic E-state index is 0.0960. The average molecular weight is 190 g/mol. The van der Waals surface area contributed by atoms with Crippen molar-refractivity contribution in [3.8, 4) is 0 Å². The number of hydrogen-bond acceptors (Lipinski definition) is 2. The van der Waals surface area contributed by atoms with Crippen LogP contribution in [0.3, 0.4) is 0 Å². The van der Waals surface area contributed by atoms with Gasteiger partial charge in [0.05, 0.1) is 12.5 Å². The second-order valence-corrected chi connectivity index (χ2v) is 3.94. The molecule has 0 spiro atoms. The van der Waals surface area contributed by atoms with Crippen LogP contribution in [0.4, 0.5) is 0 Å². The zero-order valence-corrected chi connectivity index (χ0v) is 8.54. The number of aryl methyl sites for hydroxylation is 1. The van der Waals surface area contributed by atoms with Crippen molar-refractivity contribution in [3.63, 3.8) is 0 Å². The Bertz CT molecular complexity index is 347. The van der Waals surface area contributed by atoms with Gasteiger partial charge in [0.2, 0.25) is 0 Å². The number of carbonyl (C=O) groups excluding carboxylic acids is 1. The van der Waals surface area contributed by atoms with Gasteiger partial charge in [0.15, 0.2) is 0 Å². The Hall–Kier alpha value is -1.31. The van der Waals surface area contributed by atoms with Crippen LogP contribution in [0.5, 0.6) is 0 Å². The third-order valence-electron chi connectivity index (χ3n) is 2.93. The van der Waals surface area contributed by atoms with E-state index >= 15 is 0 Å². The SMILES string of the molecule is COC(=O)C1(c2ccc(C)cc2)CC1.